The Morgan fingerprint density at radius 3 is 2.44 bits per heavy atom. The van der Waals surface area contributed by atoms with Crippen LogP contribution in [0, 0.1) is 32.4 Å². The number of halogens is 2. The Morgan fingerprint density at radius 2 is 1.75 bits per heavy atom. The van der Waals surface area contributed by atoms with Crippen LogP contribution >= 0.6 is 0 Å². The molecule has 0 unspecified atom stereocenters. The number of likely N-dealkylation sites (tertiary alicyclic amines) is 1. The van der Waals surface area contributed by atoms with E-state index in [1.165, 1.54) is 12.1 Å². The van der Waals surface area contributed by atoms with Gasteiger partial charge in [-0.15, -0.1) is 0 Å². The average Bonchev–Trinajstić information content (AvgIpc) is 2.85. The van der Waals surface area contributed by atoms with Crippen molar-refractivity contribution in [1.82, 2.24) is 20.2 Å². The molecule has 0 saturated carbocycles. The molecule has 2 aromatic carbocycles. The molecule has 1 fully saturated rings. The summed E-state index contributed by atoms with van der Waals surface area (Å²) in [7, 11) is 0. The Hall–Kier alpha value is -3.68. The van der Waals surface area contributed by atoms with Crippen LogP contribution in [0.2, 0.25) is 0 Å². The number of piperidine rings is 1. The second kappa shape index (κ2) is 10.9. The van der Waals surface area contributed by atoms with Gasteiger partial charge in [-0.3, -0.25) is 9.59 Å². The number of aryl methyl sites for hydroxylation is 3. The fourth-order valence-corrected chi connectivity index (χ4v) is 4.78. The lowest BCUT2D eigenvalue weighted by Gasteiger charge is -2.32. The summed E-state index contributed by atoms with van der Waals surface area (Å²) in [4.78, 5) is 36.3. The quantitative estimate of drug-likeness (QED) is 0.548. The van der Waals surface area contributed by atoms with Crippen molar-refractivity contribution in [2.45, 2.75) is 52.5 Å². The lowest BCUT2D eigenvalue weighted by Crippen LogP contribution is -2.39. The molecule has 0 aliphatic carbocycles. The monoisotopic (exact) mass is 492 g/mol. The molecule has 1 N–H and O–H groups in total. The van der Waals surface area contributed by atoms with E-state index in [2.05, 4.69) is 21.4 Å². The third-order valence-corrected chi connectivity index (χ3v) is 6.53. The highest BCUT2D eigenvalue weighted by Gasteiger charge is 2.28. The van der Waals surface area contributed by atoms with Gasteiger partial charge in [0.2, 0.25) is 5.91 Å². The number of hydrogen-bond donors (Lipinski definition) is 1. The number of carbonyl (C=O) groups is 2. The largest absolute Gasteiger partial charge is 0.348 e. The second-order valence-corrected chi connectivity index (χ2v) is 9.44. The maximum atomic E-state index is 14.0. The molecule has 6 nitrogen and oxygen atoms in total. The van der Waals surface area contributed by atoms with Crippen LogP contribution in [0.4, 0.5) is 8.78 Å². The fraction of sp³-hybridized carbons (Fsp3) is 0.357. The minimum Gasteiger partial charge on any atom is -0.348 e. The molecular weight excluding hydrogens is 462 g/mol. The molecule has 1 aliphatic heterocycles. The summed E-state index contributed by atoms with van der Waals surface area (Å²) in [5.74, 6) is -1.85. The molecule has 4 rings (SSSR count). The minimum atomic E-state index is -0.978. The summed E-state index contributed by atoms with van der Waals surface area (Å²) >= 11 is 0. The normalized spacial score (nSPS) is 14.1. The van der Waals surface area contributed by atoms with Crippen molar-refractivity contribution in [2.75, 3.05) is 13.1 Å². The zero-order valence-electron chi connectivity index (χ0n) is 20.8. The molecule has 3 aromatic rings. The number of nitrogens with one attached hydrogen (secondary N) is 1. The number of nitrogens with zero attached hydrogens (tertiary/aromatic N) is 3. The van der Waals surface area contributed by atoms with E-state index < -0.39 is 11.6 Å². The molecule has 1 aromatic heterocycles. The molecule has 2 heterocycles. The maximum Gasteiger partial charge on any atom is 0.254 e. The van der Waals surface area contributed by atoms with Crippen molar-refractivity contribution in [3.8, 4) is 0 Å². The first-order valence-electron chi connectivity index (χ1n) is 12.1. The van der Waals surface area contributed by atoms with Crippen LogP contribution in [-0.4, -0.2) is 39.8 Å². The molecule has 0 spiro atoms. The fourth-order valence-electron chi connectivity index (χ4n) is 4.78. The average molecular weight is 493 g/mol. The number of carbonyl (C=O) groups excluding carboxylic acids is 2. The van der Waals surface area contributed by atoms with Crippen LogP contribution in [-0.2, 0) is 17.8 Å². The van der Waals surface area contributed by atoms with E-state index in [4.69, 9.17) is 0 Å². The van der Waals surface area contributed by atoms with Gasteiger partial charge in [0.1, 0.15) is 5.82 Å². The van der Waals surface area contributed by atoms with Crippen LogP contribution in [0.5, 0.6) is 0 Å². The van der Waals surface area contributed by atoms with Gasteiger partial charge >= 0.3 is 0 Å². The zero-order chi connectivity index (χ0) is 25.8. The van der Waals surface area contributed by atoms with E-state index in [0.29, 0.717) is 49.6 Å². The van der Waals surface area contributed by atoms with E-state index in [0.717, 1.165) is 22.8 Å². The highest BCUT2D eigenvalue weighted by Crippen LogP contribution is 2.29. The molecular formula is C28H30F2N4O2. The van der Waals surface area contributed by atoms with Gasteiger partial charge in [0.25, 0.3) is 5.91 Å². The Kier molecular flexibility index (Phi) is 7.72. The number of rotatable bonds is 6. The van der Waals surface area contributed by atoms with Gasteiger partial charge in [-0.05, 0) is 45.2 Å². The van der Waals surface area contributed by atoms with E-state index in [9.17, 15) is 18.4 Å². The minimum absolute atomic E-state index is 0.0105. The second-order valence-electron chi connectivity index (χ2n) is 9.44. The van der Waals surface area contributed by atoms with Gasteiger partial charge in [0.15, 0.2) is 11.6 Å². The number of aromatic nitrogens is 2. The summed E-state index contributed by atoms with van der Waals surface area (Å²) in [6, 6.07) is 10.0. The van der Waals surface area contributed by atoms with Crippen molar-refractivity contribution in [1.29, 1.82) is 0 Å². The molecule has 2 amide bonds. The molecule has 8 heteroatoms. The molecule has 0 atom stereocenters. The number of amides is 2. The smallest absolute Gasteiger partial charge is 0.254 e. The van der Waals surface area contributed by atoms with Gasteiger partial charge < -0.3 is 10.2 Å². The van der Waals surface area contributed by atoms with Crippen LogP contribution in [0.25, 0.3) is 0 Å². The molecule has 0 radical (unpaired) electrons. The summed E-state index contributed by atoms with van der Waals surface area (Å²) in [5.41, 5.74) is 4.48. The van der Waals surface area contributed by atoms with Crippen molar-refractivity contribution in [2.24, 2.45) is 0 Å². The van der Waals surface area contributed by atoms with Crippen molar-refractivity contribution in [3.05, 3.63) is 93.6 Å². The topological polar surface area (TPSA) is 75.2 Å². The Labute approximate surface area is 209 Å². The maximum absolute atomic E-state index is 14.0. The van der Waals surface area contributed by atoms with Crippen molar-refractivity contribution < 1.29 is 18.4 Å². The zero-order valence-corrected chi connectivity index (χ0v) is 20.8. The summed E-state index contributed by atoms with van der Waals surface area (Å²) in [6.07, 6.45) is 2.61. The SMILES string of the molecule is Cc1cc(C)cc(CNC(=O)c2cnc(C)nc2C2CCN(C(=O)Cc3cccc(F)c3F)CC2)c1. The molecule has 1 saturated heterocycles. The van der Waals surface area contributed by atoms with E-state index >= 15 is 0 Å². The van der Waals surface area contributed by atoms with E-state index in [-0.39, 0.29) is 29.7 Å². The van der Waals surface area contributed by atoms with Gasteiger partial charge in [-0.25, -0.2) is 18.7 Å². The molecule has 0 bridgehead atoms. The van der Waals surface area contributed by atoms with Crippen molar-refractivity contribution >= 4 is 11.8 Å². The predicted octanol–water partition coefficient (Wildman–Crippen LogP) is 4.56. The summed E-state index contributed by atoms with van der Waals surface area (Å²) < 4.78 is 27.5. The highest BCUT2D eigenvalue weighted by atomic mass is 19.2. The van der Waals surface area contributed by atoms with Crippen LogP contribution in [0.15, 0.2) is 42.6 Å². The van der Waals surface area contributed by atoms with Gasteiger partial charge in [-0.2, -0.15) is 0 Å². The lowest BCUT2D eigenvalue weighted by atomic mass is 9.90. The number of benzene rings is 2. The molecule has 188 valence electrons. The predicted molar refractivity (Wildman–Crippen MR) is 132 cm³/mol. The van der Waals surface area contributed by atoms with Gasteiger partial charge in [-0.1, -0.05) is 41.5 Å². The lowest BCUT2D eigenvalue weighted by molar-refractivity contribution is -0.131. The van der Waals surface area contributed by atoms with E-state index in [1.54, 1.807) is 18.0 Å². The highest BCUT2D eigenvalue weighted by molar-refractivity contribution is 5.95. The summed E-state index contributed by atoms with van der Waals surface area (Å²) in [6.45, 7) is 7.14. The number of hydrogen-bond acceptors (Lipinski definition) is 4. The summed E-state index contributed by atoms with van der Waals surface area (Å²) in [5, 5.41) is 2.98. The molecule has 36 heavy (non-hydrogen) atoms. The van der Waals surface area contributed by atoms with Gasteiger partial charge in [0, 0.05) is 37.3 Å². The van der Waals surface area contributed by atoms with Crippen molar-refractivity contribution in [3.63, 3.8) is 0 Å². The third-order valence-electron chi connectivity index (χ3n) is 6.53. The molecule has 1 aliphatic rings. The Balaban J connectivity index is 1.41. The Bertz CT molecular complexity index is 1270. The first kappa shape index (κ1) is 25.4. The first-order valence-corrected chi connectivity index (χ1v) is 12.1. The standard InChI is InChI=1S/C28H30F2N4O2/c1-17-11-18(2)13-20(12-17)15-32-28(36)23-16-31-19(3)33-27(23)21-7-9-34(10-8-21)25(35)14-22-5-4-6-24(29)26(22)30/h4-6,11-13,16,21H,7-10,14-15H2,1-3H3,(H,32,36). The van der Waals surface area contributed by atoms with E-state index in [1.807, 2.05) is 26.0 Å². The Morgan fingerprint density at radius 1 is 1.06 bits per heavy atom. The van der Waals surface area contributed by atoms with Crippen LogP contribution in [0.1, 0.15) is 62.9 Å². The van der Waals surface area contributed by atoms with Crippen LogP contribution < -0.4 is 5.32 Å². The first-order chi connectivity index (χ1) is 17.2. The van der Waals surface area contributed by atoms with Crippen LogP contribution in [0.3, 0.4) is 0 Å². The third kappa shape index (κ3) is 5.93. The van der Waals surface area contributed by atoms with Gasteiger partial charge in [0.05, 0.1) is 17.7 Å².